The summed E-state index contributed by atoms with van der Waals surface area (Å²) in [5, 5.41) is 3.93. The predicted octanol–water partition coefficient (Wildman–Crippen LogP) is 6.07. The highest BCUT2D eigenvalue weighted by molar-refractivity contribution is 6.22. The summed E-state index contributed by atoms with van der Waals surface area (Å²) in [6.45, 7) is 2.41. The van der Waals surface area contributed by atoms with E-state index in [2.05, 4.69) is 16.4 Å². The molecule has 1 saturated heterocycles. The van der Waals surface area contributed by atoms with Crippen LogP contribution >= 0.6 is 0 Å². The van der Waals surface area contributed by atoms with Crippen molar-refractivity contribution in [3.05, 3.63) is 136 Å². The normalized spacial score (nSPS) is 17.7. The molecule has 214 valence electrons. The van der Waals surface area contributed by atoms with Crippen LogP contribution in [0.3, 0.4) is 0 Å². The van der Waals surface area contributed by atoms with E-state index in [0.717, 1.165) is 38.9 Å². The Kier molecular flexibility index (Phi) is 6.54. The number of benzene rings is 4. The van der Waals surface area contributed by atoms with Gasteiger partial charge >= 0.3 is 6.03 Å². The molecule has 7 nitrogen and oxygen atoms in total. The van der Waals surface area contributed by atoms with Crippen LogP contribution in [0.4, 0.5) is 14.9 Å². The number of hydrogen-bond acceptors (Lipinski definition) is 3. The minimum atomic E-state index is -0.653. The number of aromatic amines is 1. The van der Waals surface area contributed by atoms with Crippen LogP contribution in [0.1, 0.15) is 44.3 Å². The number of H-pyrrole nitrogens is 1. The van der Waals surface area contributed by atoms with Gasteiger partial charge in [0.25, 0.3) is 11.8 Å². The van der Waals surface area contributed by atoms with E-state index < -0.39 is 12.1 Å². The van der Waals surface area contributed by atoms with Crippen LogP contribution in [-0.2, 0) is 17.6 Å². The van der Waals surface area contributed by atoms with Gasteiger partial charge in [-0.15, -0.1) is 0 Å². The zero-order chi connectivity index (χ0) is 29.7. The number of amides is 4. The zero-order valence-electron chi connectivity index (χ0n) is 23.5. The van der Waals surface area contributed by atoms with Crippen molar-refractivity contribution >= 4 is 34.4 Å². The Bertz CT molecular complexity index is 1860. The number of hydrogen-bond donors (Lipinski definition) is 2. The Morgan fingerprint density at radius 2 is 1.65 bits per heavy atom. The molecular formula is C35H29FN4O3. The van der Waals surface area contributed by atoms with Crippen molar-refractivity contribution in [3.8, 4) is 0 Å². The molecule has 7 rings (SSSR count). The third-order valence-electron chi connectivity index (χ3n) is 8.44. The second-order valence-electron chi connectivity index (χ2n) is 11.1. The summed E-state index contributed by atoms with van der Waals surface area (Å²) in [6.07, 6.45) is 0.981. The van der Waals surface area contributed by atoms with Gasteiger partial charge in [0.1, 0.15) is 17.9 Å². The molecule has 8 heteroatoms. The number of carbonyl (C=O) groups is 3. The van der Waals surface area contributed by atoms with Gasteiger partial charge in [-0.2, -0.15) is 0 Å². The highest BCUT2D eigenvalue weighted by atomic mass is 19.1. The first kappa shape index (κ1) is 26.6. The van der Waals surface area contributed by atoms with Crippen molar-refractivity contribution in [3.63, 3.8) is 0 Å². The van der Waals surface area contributed by atoms with Crippen LogP contribution in [0, 0.1) is 12.7 Å². The van der Waals surface area contributed by atoms with E-state index in [1.54, 1.807) is 41.3 Å². The third-order valence-corrected chi connectivity index (χ3v) is 8.44. The smallest absolute Gasteiger partial charge is 0.332 e. The quantitative estimate of drug-likeness (QED) is 0.242. The number of aromatic nitrogens is 1. The van der Waals surface area contributed by atoms with E-state index in [4.69, 9.17) is 0 Å². The maximum absolute atomic E-state index is 14.1. The molecule has 2 atom stereocenters. The van der Waals surface area contributed by atoms with Crippen LogP contribution in [0.25, 0.3) is 10.9 Å². The van der Waals surface area contributed by atoms with Crippen LogP contribution in [-0.4, -0.2) is 40.3 Å². The summed E-state index contributed by atoms with van der Waals surface area (Å²) in [4.78, 5) is 47.2. The molecule has 0 spiro atoms. The molecule has 1 aromatic heterocycles. The molecule has 4 aromatic carbocycles. The van der Waals surface area contributed by atoms with Crippen LogP contribution in [0.5, 0.6) is 0 Å². The van der Waals surface area contributed by atoms with Gasteiger partial charge in [0.05, 0.1) is 5.69 Å². The fourth-order valence-corrected chi connectivity index (χ4v) is 6.24. The summed E-state index contributed by atoms with van der Waals surface area (Å²) in [6, 6.07) is 27.3. The number of imide groups is 1. The average molecular weight is 573 g/mol. The van der Waals surface area contributed by atoms with Gasteiger partial charge in [0.2, 0.25) is 0 Å². The summed E-state index contributed by atoms with van der Waals surface area (Å²) < 4.78 is 13.1. The molecule has 3 heterocycles. The SMILES string of the molecule is Cc1ccc([C@H]2c3[nH]c4ccccc4c3C[C@H]3C(=O)N(c4ccc(C(=O)NCCc5ccc(F)cc5)cc4)C(=O)N23)cc1. The van der Waals surface area contributed by atoms with Crippen molar-refractivity contribution < 1.29 is 18.8 Å². The van der Waals surface area contributed by atoms with E-state index >= 15 is 0 Å². The second-order valence-corrected chi connectivity index (χ2v) is 11.1. The first-order chi connectivity index (χ1) is 20.9. The van der Waals surface area contributed by atoms with Gasteiger partial charge in [-0.1, -0.05) is 60.2 Å². The number of rotatable bonds is 6. The minimum Gasteiger partial charge on any atom is -0.356 e. The lowest BCUT2D eigenvalue weighted by atomic mass is 9.88. The van der Waals surface area contributed by atoms with Crippen molar-refractivity contribution in [2.45, 2.75) is 31.8 Å². The molecule has 2 aliphatic rings. The Morgan fingerprint density at radius 1 is 0.930 bits per heavy atom. The summed E-state index contributed by atoms with van der Waals surface area (Å²) >= 11 is 0. The van der Waals surface area contributed by atoms with E-state index in [0.29, 0.717) is 30.6 Å². The highest BCUT2D eigenvalue weighted by Crippen LogP contribution is 2.44. The number of halogens is 1. The topological polar surface area (TPSA) is 85.5 Å². The van der Waals surface area contributed by atoms with Gasteiger partial charge < -0.3 is 10.3 Å². The number of urea groups is 1. The number of aryl methyl sites for hydroxylation is 1. The number of anilines is 1. The molecule has 2 N–H and O–H groups in total. The minimum absolute atomic E-state index is 0.269. The van der Waals surface area contributed by atoms with E-state index in [-0.39, 0.29) is 23.7 Å². The fourth-order valence-electron chi connectivity index (χ4n) is 6.24. The van der Waals surface area contributed by atoms with Gasteiger partial charge in [-0.05, 0) is 72.5 Å². The molecule has 0 radical (unpaired) electrons. The Morgan fingerprint density at radius 3 is 2.40 bits per heavy atom. The number of para-hydroxylation sites is 1. The molecule has 1 fully saturated rings. The molecule has 2 aliphatic heterocycles. The zero-order valence-corrected chi connectivity index (χ0v) is 23.5. The third kappa shape index (κ3) is 4.65. The number of nitrogens with one attached hydrogen (secondary N) is 2. The molecular weight excluding hydrogens is 543 g/mol. The first-order valence-corrected chi connectivity index (χ1v) is 14.3. The fraction of sp³-hybridized carbons (Fsp3) is 0.171. The summed E-state index contributed by atoms with van der Waals surface area (Å²) in [5.41, 5.74) is 6.76. The van der Waals surface area contributed by atoms with Crippen molar-refractivity contribution in [2.75, 3.05) is 11.4 Å². The predicted molar refractivity (Wildman–Crippen MR) is 162 cm³/mol. The van der Waals surface area contributed by atoms with E-state index in [1.165, 1.54) is 17.0 Å². The molecule has 0 unspecified atom stereocenters. The number of fused-ring (bicyclic) bond motifs is 4. The lowest BCUT2D eigenvalue weighted by Gasteiger charge is -2.36. The Hall–Kier alpha value is -5.24. The average Bonchev–Trinajstić information content (AvgIpc) is 3.51. The highest BCUT2D eigenvalue weighted by Gasteiger charge is 2.53. The number of nitrogens with zero attached hydrogens (tertiary/aromatic N) is 2. The summed E-state index contributed by atoms with van der Waals surface area (Å²) in [5.74, 6) is -0.851. The summed E-state index contributed by atoms with van der Waals surface area (Å²) in [7, 11) is 0. The largest absolute Gasteiger partial charge is 0.356 e. The second kappa shape index (κ2) is 10.5. The Balaban J connectivity index is 1.15. The molecule has 43 heavy (non-hydrogen) atoms. The Labute approximate surface area is 247 Å². The molecule has 4 amide bonds. The van der Waals surface area contributed by atoms with Crippen molar-refractivity contribution in [1.29, 1.82) is 0 Å². The molecule has 0 saturated carbocycles. The lowest BCUT2D eigenvalue weighted by molar-refractivity contribution is -0.120. The van der Waals surface area contributed by atoms with E-state index in [1.807, 2.05) is 49.4 Å². The molecule has 0 bridgehead atoms. The van der Waals surface area contributed by atoms with Crippen molar-refractivity contribution in [1.82, 2.24) is 15.2 Å². The van der Waals surface area contributed by atoms with Crippen LogP contribution in [0.15, 0.2) is 97.1 Å². The van der Waals surface area contributed by atoms with Crippen LogP contribution < -0.4 is 10.2 Å². The maximum atomic E-state index is 14.1. The van der Waals surface area contributed by atoms with E-state index in [9.17, 15) is 18.8 Å². The van der Waals surface area contributed by atoms with Crippen LogP contribution in [0.2, 0.25) is 0 Å². The van der Waals surface area contributed by atoms with Gasteiger partial charge in [0, 0.05) is 35.1 Å². The van der Waals surface area contributed by atoms with Gasteiger partial charge in [-0.25, -0.2) is 14.1 Å². The number of carbonyl (C=O) groups excluding carboxylic acids is 3. The lowest BCUT2D eigenvalue weighted by Crippen LogP contribution is -2.44. The monoisotopic (exact) mass is 572 g/mol. The standard InChI is InChI=1S/C35H29FN4O3/c1-21-6-10-23(11-7-21)32-31-28(27-4-2-3-5-29(27)38-31)20-30-34(42)39(35(43)40(30)32)26-16-12-24(13-17-26)33(41)37-19-18-22-8-14-25(36)15-9-22/h2-17,30,32,38H,18-20H2,1H3,(H,37,41)/t30-,32-/m0/s1. The maximum Gasteiger partial charge on any atom is 0.332 e. The van der Waals surface area contributed by atoms with Gasteiger partial charge in [-0.3, -0.25) is 14.5 Å². The molecule has 5 aromatic rings. The van der Waals surface area contributed by atoms with Gasteiger partial charge in [0.15, 0.2) is 0 Å². The molecule has 0 aliphatic carbocycles. The van der Waals surface area contributed by atoms with Crippen molar-refractivity contribution in [2.24, 2.45) is 0 Å². The first-order valence-electron chi connectivity index (χ1n) is 14.3.